The van der Waals surface area contributed by atoms with Gasteiger partial charge in [-0.1, -0.05) is 42.5 Å². The highest BCUT2D eigenvalue weighted by molar-refractivity contribution is 5.86. The Morgan fingerprint density at radius 2 is 2.12 bits per heavy atom. The van der Waals surface area contributed by atoms with E-state index < -0.39 is 0 Å². The third-order valence-corrected chi connectivity index (χ3v) is 4.90. The second-order valence-electron chi connectivity index (χ2n) is 6.54. The van der Waals surface area contributed by atoms with Gasteiger partial charge in [0.2, 0.25) is 0 Å². The fourth-order valence-corrected chi connectivity index (χ4v) is 3.46. The second kappa shape index (κ2) is 8.13. The van der Waals surface area contributed by atoms with Crippen molar-refractivity contribution < 1.29 is 9.53 Å². The van der Waals surface area contributed by atoms with Crippen LogP contribution in [0.5, 0.6) is 0 Å². The van der Waals surface area contributed by atoms with E-state index in [0.29, 0.717) is 6.04 Å². The van der Waals surface area contributed by atoms with Crippen molar-refractivity contribution in [1.82, 2.24) is 5.32 Å². The highest BCUT2D eigenvalue weighted by Crippen LogP contribution is 2.32. The highest BCUT2D eigenvalue weighted by atomic mass is 16.5. The summed E-state index contributed by atoms with van der Waals surface area (Å²) < 4.78 is 4.64. The molecule has 1 unspecified atom stereocenters. The van der Waals surface area contributed by atoms with Crippen molar-refractivity contribution in [3.8, 4) is 0 Å². The van der Waals surface area contributed by atoms with Crippen molar-refractivity contribution >= 4 is 12.0 Å². The molecule has 0 heterocycles. The molecule has 1 aliphatic rings. The van der Waals surface area contributed by atoms with Crippen LogP contribution in [0.2, 0.25) is 0 Å². The number of aryl methyl sites for hydroxylation is 2. The molecule has 3 heteroatoms. The zero-order valence-corrected chi connectivity index (χ0v) is 14.9. The van der Waals surface area contributed by atoms with Crippen molar-refractivity contribution in [1.29, 1.82) is 0 Å². The largest absolute Gasteiger partial charge is 0.466 e. The summed E-state index contributed by atoms with van der Waals surface area (Å²) in [4.78, 5) is 11.2. The van der Waals surface area contributed by atoms with Crippen LogP contribution >= 0.6 is 0 Å². The molecule has 3 nitrogen and oxygen atoms in total. The third-order valence-electron chi connectivity index (χ3n) is 4.90. The minimum atomic E-state index is -0.323. The summed E-state index contributed by atoms with van der Waals surface area (Å²) in [6.45, 7) is 3.16. The molecule has 0 fully saturated rings. The molecule has 1 aliphatic carbocycles. The summed E-state index contributed by atoms with van der Waals surface area (Å²) >= 11 is 0. The molecule has 3 rings (SSSR count). The maximum Gasteiger partial charge on any atom is 0.330 e. The number of rotatable bonds is 6. The van der Waals surface area contributed by atoms with E-state index >= 15 is 0 Å². The summed E-state index contributed by atoms with van der Waals surface area (Å²) in [5.74, 6) is -0.323. The number of esters is 1. The summed E-state index contributed by atoms with van der Waals surface area (Å²) in [6.07, 6.45) is 6.54. The van der Waals surface area contributed by atoms with Gasteiger partial charge in [-0.15, -0.1) is 0 Å². The first-order chi connectivity index (χ1) is 12.2. The van der Waals surface area contributed by atoms with E-state index in [9.17, 15) is 4.79 Å². The first-order valence-electron chi connectivity index (χ1n) is 8.84. The molecule has 1 N–H and O–H groups in total. The maximum absolute atomic E-state index is 11.2. The lowest BCUT2D eigenvalue weighted by Crippen LogP contribution is -2.22. The van der Waals surface area contributed by atoms with Gasteiger partial charge in [-0.2, -0.15) is 0 Å². The van der Waals surface area contributed by atoms with Gasteiger partial charge in [0, 0.05) is 12.1 Å². The zero-order valence-electron chi connectivity index (χ0n) is 14.9. The van der Waals surface area contributed by atoms with Crippen molar-refractivity contribution in [3.05, 3.63) is 76.4 Å². The SMILES string of the molecule is COC(=O)/C=C/c1ccc2c(c1)CCC2NCCc1ccccc1C. The van der Waals surface area contributed by atoms with Crippen molar-refractivity contribution in [2.45, 2.75) is 32.2 Å². The molecule has 0 spiro atoms. The first kappa shape index (κ1) is 17.4. The number of carbonyl (C=O) groups is 1. The Balaban J connectivity index is 1.59. The fourth-order valence-electron chi connectivity index (χ4n) is 3.46. The lowest BCUT2D eigenvalue weighted by atomic mass is 10.0. The molecular weight excluding hydrogens is 310 g/mol. The quantitative estimate of drug-likeness (QED) is 0.640. The third kappa shape index (κ3) is 4.37. The predicted molar refractivity (Wildman–Crippen MR) is 101 cm³/mol. The van der Waals surface area contributed by atoms with Gasteiger partial charge in [0.1, 0.15) is 0 Å². The maximum atomic E-state index is 11.2. The average Bonchev–Trinajstić information content (AvgIpc) is 3.03. The molecule has 1 atom stereocenters. The molecule has 130 valence electrons. The molecule has 0 radical (unpaired) electrons. The Morgan fingerprint density at radius 1 is 1.28 bits per heavy atom. The van der Waals surface area contributed by atoms with Gasteiger partial charge < -0.3 is 10.1 Å². The zero-order chi connectivity index (χ0) is 17.6. The summed E-state index contributed by atoms with van der Waals surface area (Å²) in [5.41, 5.74) is 6.58. The molecule has 0 bridgehead atoms. The molecule has 0 aromatic heterocycles. The number of fused-ring (bicyclic) bond motifs is 1. The van der Waals surface area contributed by atoms with Crippen LogP contribution in [0.4, 0.5) is 0 Å². The number of benzene rings is 2. The van der Waals surface area contributed by atoms with Crippen LogP contribution in [0.15, 0.2) is 48.5 Å². The minimum absolute atomic E-state index is 0.323. The molecular formula is C22H25NO2. The lowest BCUT2D eigenvalue weighted by Gasteiger charge is -2.15. The Morgan fingerprint density at radius 3 is 2.92 bits per heavy atom. The van der Waals surface area contributed by atoms with E-state index in [0.717, 1.165) is 31.4 Å². The molecule has 0 saturated heterocycles. The Bertz CT molecular complexity index is 779. The monoisotopic (exact) mass is 335 g/mol. The second-order valence-corrected chi connectivity index (χ2v) is 6.54. The van der Waals surface area contributed by atoms with E-state index in [-0.39, 0.29) is 5.97 Å². The Hall–Kier alpha value is -2.39. The van der Waals surface area contributed by atoms with Crippen molar-refractivity contribution in [2.24, 2.45) is 0 Å². The van der Waals surface area contributed by atoms with Gasteiger partial charge in [-0.25, -0.2) is 4.79 Å². The van der Waals surface area contributed by atoms with Gasteiger partial charge in [-0.3, -0.25) is 0 Å². The van der Waals surface area contributed by atoms with Crippen LogP contribution in [0.1, 0.15) is 40.3 Å². The van der Waals surface area contributed by atoms with Gasteiger partial charge in [0.05, 0.1) is 7.11 Å². The van der Waals surface area contributed by atoms with Crippen LogP contribution < -0.4 is 5.32 Å². The van der Waals surface area contributed by atoms with E-state index in [1.54, 1.807) is 0 Å². The highest BCUT2D eigenvalue weighted by Gasteiger charge is 2.21. The van der Waals surface area contributed by atoms with Crippen LogP contribution in [-0.2, 0) is 22.4 Å². The van der Waals surface area contributed by atoms with E-state index in [4.69, 9.17) is 0 Å². The summed E-state index contributed by atoms with van der Waals surface area (Å²) in [5, 5.41) is 3.70. The number of hydrogen-bond donors (Lipinski definition) is 1. The number of methoxy groups -OCH3 is 1. The number of hydrogen-bond acceptors (Lipinski definition) is 3. The van der Waals surface area contributed by atoms with Gasteiger partial charge >= 0.3 is 5.97 Å². The van der Waals surface area contributed by atoms with E-state index in [1.165, 1.54) is 35.4 Å². The van der Waals surface area contributed by atoms with Crippen LogP contribution in [0.3, 0.4) is 0 Å². The molecule has 0 saturated carbocycles. The molecule has 0 amide bonds. The molecule has 2 aromatic carbocycles. The minimum Gasteiger partial charge on any atom is -0.466 e. The Kier molecular flexibility index (Phi) is 5.67. The lowest BCUT2D eigenvalue weighted by molar-refractivity contribution is -0.134. The molecule has 2 aromatic rings. The average molecular weight is 335 g/mol. The normalized spacial score (nSPS) is 16.2. The van der Waals surface area contributed by atoms with Crippen LogP contribution in [-0.4, -0.2) is 19.6 Å². The van der Waals surface area contributed by atoms with Crippen molar-refractivity contribution in [3.63, 3.8) is 0 Å². The molecule has 0 aliphatic heterocycles. The first-order valence-corrected chi connectivity index (χ1v) is 8.84. The smallest absolute Gasteiger partial charge is 0.330 e. The fraction of sp³-hybridized carbons (Fsp3) is 0.318. The standard InChI is InChI=1S/C22H25NO2/c1-16-5-3-4-6-18(16)13-14-23-21-11-9-19-15-17(7-10-20(19)21)8-12-22(24)25-2/h3-8,10,12,15,21,23H,9,11,13-14H2,1-2H3/b12-8+. The predicted octanol–water partition coefficient (Wildman–Crippen LogP) is 4.00. The number of ether oxygens (including phenoxy) is 1. The summed E-state index contributed by atoms with van der Waals surface area (Å²) in [7, 11) is 1.39. The van der Waals surface area contributed by atoms with E-state index in [2.05, 4.69) is 59.4 Å². The van der Waals surface area contributed by atoms with E-state index in [1.807, 2.05) is 6.08 Å². The van der Waals surface area contributed by atoms with Crippen LogP contribution in [0, 0.1) is 6.92 Å². The van der Waals surface area contributed by atoms with Gasteiger partial charge in [0.15, 0.2) is 0 Å². The van der Waals surface area contributed by atoms with Crippen molar-refractivity contribution in [2.75, 3.05) is 13.7 Å². The Labute approximate surface area is 149 Å². The summed E-state index contributed by atoms with van der Waals surface area (Å²) in [6, 6.07) is 15.4. The number of nitrogens with one attached hydrogen (secondary N) is 1. The van der Waals surface area contributed by atoms with Crippen LogP contribution in [0.25, 0.3) is 6.08 Å². The van der Waals surface area contributed by atoms with Gasteiger partial charge in [0.25, 0.3) is 0 Å². The van der Waals surface area contributed by atoms with Gasteiger partial charge in [-0.05, 0) is 66.6 Å². The number of carbonyl (C=O) groups excluding carboxylic acids is 1. The topological polar surface area (TPSA) is 38.3 Å². The molecule has 25 heavy (non-hydrogen) atoms.